The molecule has 86 valence electrons. The van der Waals surface area contributed by atoms with Crippen molar-refractivity contribution in [2.75, 3.05) is 5.32 Å². The minimum absolute atomic E-state index is 0.546. The van der Waals surface area contributed by atoms with Gasteiger partial charge in [0.2, 0.25) is 5.95 Å². The lowest BCUT2D eigenvalue weighted by atomic mass is 10.5. The number of hydrogen-bond acceptors (Lipinski definition) is 4. The molecular formula is C10H9BrN6. The molecule has 1 N–H and O–H groups in total. The van der Waals surface area contributed by atoms with Crippen molar-refractivity contribution in [1.82, 2.24) is 24.4 Å². The van der Waals surface area contributed by atoms with Crippen molar-refractivity contribution in [3.63, 3.8) is 0 Å². The predicted molar refractivity (Wildman–Crippen MR) is 67.2 cm³/mol. The van der Waals surface area contributed by atoms with Gasteiger partial charge in [0.15, 0.2) is 5.65 Å². The Morgan fingerprint density at radius 3 is 3.00 bits per heavy atom. The van der Waals surface area contributed by atoms with Crippen LogP contribution in [0.1, 0.15) is 0 Å². The van der Waals surface area contributed by atoms with Crippen molar-refractivity contribution in [2.24, 2.45) is 7.05 Å². The Morgan fingerprint density at radius 2 is 2.29 bits per heavy atom. The average Bonchev–Trinajstić information content (AvgIpc) is 2.86. The zero-order valence-corrected chi connectivity index (χ0v) is 10.6. The Balaban J connectivity index is 1.98. The first kappa shape index (κ1) is 10.3. The second-order valence-electron chi connectivity index (χ2n) is 3.59. The van der Waals surface area contributed by atoms with Crippen LogP contribution in [0.4, 0.5) is 11.6 Å². The first-order valence-electron chi connectivity index (χ1n) is 4.99. The Labute approximate surface area is 105 Å². The zero-order valence-electron chi connectivity index (χ0n) is 9.00. The van der Waals surface area contributed by atoms with Gasteiger partial charge in [-0.15, -0.1) is 5.10 Å². The zero-order chi connectivity index (χ0) is 11.8. The van der Waals surface area contributed by atoms with Crippen LogP contribution in [0.15, 0.2) is 35.2 Å². The van der Waals surface area contributed by atoms with E-state index in [4.69, 9.17) is 0 Å². The van der Waals surface area contributed by atoms with Crippen molar-refractivity contribution < 1.29 is 0 Å². The van der Waals surface area contributed by atoms with Crippen LogP contribution in [0.5, 0.6) is 0 Å². The molecule has 0 unspecified atom stereocenters. The summed E-state index contributed by atoms with van der Waals surface area (Å²) in [6.45, 7) is 0. The monoisotopic (exact) mass is 292 g/mol. The summed E-state index contributed by atoms with van der Waals surface area (Å²) in [5, 5.41) is 11.5. The summed E-state index contributed by atoms with van der Waals surface area (Å²) in [5.74, 6) is 0.546. The Kier molecular flexibility index (Phi) is 2.32. The lowest BCUT2D eigenvalue weighted by Crippen LogP contribution is -1.91. The highest BCUT2D eigenvalue weighted by atomic mass is 79.9. The van der Waals surface area contributed by atoms with Crippen LogP contribution >= 0.6 is 15.9 Å². The fourth-order valence-corrected chi connectivity index (χ4v) is 1.96. The largest absolute Gasteiger partial charge is 0.320 e. The first-order valence-corrected chi connectivity index (χ1v) is 5.78. The van der Waals surface area contributed by atoms with Gasteiger partial charge in [0.05, 0.1) is 16.4 Å². The molecule has 3 heterocycles. The van der Waals surface area contributed by atoms with Crippen molar-refractivity contribution in [2.45, 2.75) is 0 Å². The van der Waals surface area contributed by atoms with Crippen molar-refractivity contribution in [1.29, 1.82) is 0 Å². The van der Waals surface area contributed by atoms with E-state index in [1.54, 1.807) is 15.4 Å². The van der Waals surface area contributed by atoms with E-state index in [1.165, 1.54) is 0 Å². The molecule has 0 amide bonds. The molecular weight excluding hydrogens is 284 g/mol. The number of aryl methyl sites for hydroxylation is 1. The van der Waals surface area contributed by atoms with Crippen LogP contribution in [-0.2, 0) is 7.05 Å². The normalized spacial score (nSPS) is 10.9. The summed E-state index contributed by atoms with van der Waals surface area (Å²) in [6, 6.07) is 3.83. The second kappa shape index (κ2) is 3.85. The molecule has 0 aromatic carbocycles. The lowest BCUT2D eigenvalue weighted by Gasteiger charge is -1.93. The van der Waals surface area contributed by atoms with Crippen LogP contribution in [0.25, 0.3) is 5.65 Å². The summed E-state index contributed by atoms with van der Waals surface area (Å²) in [7, 11) is 1.86. The molecule has 0 aliphatic carbocycles. The van der Waals surface area contributed by atoms with E-state index < -0.39 is 0 Å². The standard InChI is InChI=1S/C10H9BrN6/c1-16-6-7(5-12-16)13-10-14-9-8(11)3-2-4-17(9)15-10/h2-6H,1H3,(H,13,15). The number of hydrogen-bond donors (Lipinski definition) is 1. The maximum Gasteiger partial charge on any atom is 0.247 e. The molecule has 17 heavy (non-hydrogen) atoms. The quantitative estimate of drug-likeness (QED) is 0.784. The maximum atomic E-state index is 4.37. The Bertz CT molecular complexity index is 670. The smallest absolute Gasteiger partial charge is 0.247 e. The number of halogens is 1. The number of pyridine rings is 1. The second-order valence-corrected chi connectivity index (χ2v) is 4.44. The van der Waals surface area contributed by atoms with Gasteiger partial charge < -0.3 is 5.32 Å². The van der Waals surface area contributed by atoms with Gasteiger partial charge in [-0.05, 0) is 28.1 Å². The third-order valence-electron chi connectivity index (χ3n) is 2.28. The highest BCUT2D eigenvalue weighted by Crippen LogP contribution is 2.18. The van der Waals surface area contributed by atoms with Gasteiger partial charge in [-0.3, -0.25) is 4.68 Å². The van der Waals surface area contributed by atoms with E-state index in [2.05, 4.69) is 36.4 Å². The summed E-state index contributed by atoms with van der Waals surface area (Å²) in [4.78, 5) is 4.37. The molecule has 3 rings (SSSR count). The van der Waals surface area contributed by atoms with Crippen LogP contribution in [0.3, 0.4) is 0 Å². The lowest BCUT2D eigenvalue weighted by molar-refractivity contribution is 0.768. The summed E-state index contributed by atoms with van der Waals surface area (Å²) < 4.78 is 4.34. The molecule has 0 saturated carbocycles. The Morgan fingerprint density at radius 1 is 1.41 bits per heavy atom. The third-order valence-corrected chi connectivity index (χ3v) is 2.89. The number of nitrogens with zero attached hydrogens (tertiary/aromatic N) is 5. The van der Waals surface area contributed by atoms with Crippen LogP contribution in [0.2, 0.25) is 0 Å². The average molecular weight is 293 g/mol. The van der Waals surface area contributed by atoms with Crippen LogP contribution in [-0.4, -0.2) is 24.4 Å². The number of anilines is 2. The van der Waals surface area contributed by atoms with Gasteiger partial charge in [-0.2, -0.15) is 10.1 Å². The molecule has 0 atom stereocenters. The van der Waals surface area contributed by atoms with Crippen molar-refractivity contribution in [3.05, 3.63) is 35.2 Å². The highest BCUT2D eigenvalue weighted by Gasteiger charge is 2.06. The van der Waals surface area contributed by atoms with E-state index in [-0.39, 0.29) is 0 Å². The predicted octanol–water partition coefficient (Wildman–Crippen LogP) is 1.97. The number of rotatable bonds is 2. The van der Waals surface area contributed by atoms with Gasteiger partial charge in [-0.1, -0.05) is 0 Å². The molecule has 6 nitrogen and oxygen atoms in total. The fourth-order valence-electron chi connectivity index (χ4n) is 1.54. The summed E-state index contributed by atoms with van der Waals surface area (Å²) in [5.41, 5.74) is 1.64. The van der Waals surface area contributed by atoms with Gasteiger partial charge in [-0.25, -0.2) is 4.52 Å². The first-order chi connectivity index (χ1) is 8.22. The molecule has 3 aromatic heterocycles. The summed E-state index contributed by atoms with van der Waals surface area (Å²) in [6.07, 6.45) is 5.43. The van der Waals surface area contributed by atoms with Gasteiger partial charge in [0.1, 0.15) is 0 Å². The minimum Gasteiger partial charge on any atom is -0.320 e. The van der Waals surface area contributed by atoms with E-state index in [1.807, 2.05) is 31.6 Å². The van der Waals surface area contributed by atoms with Crippen LogP contribution in [0, 0.1) is 0 Å². The number of nitrogens with one attached hydrogen (secondary N) is 1. The molecule has 0 aliphatic rings. The number of aromatic nitrogens is 5. The third kappa shape index (κ3) is 1.89. The Hall–Kier alpha value is -1.89. The summed E-state index contributed by atoms with van der Waals surface area (Å²) >= 11 is 3.43. The molecule has 0 saturated heterocycles. The SMILES string of the molecule is Cn1cc(Nc2nc3c(Br)cccn3n2)cn1. The van der Waals surface area contributed by atoms with Gasteiger partial charge in [0.25, 0.3) is 0 Å². The van der Waals surface area contributed by atoms with Crippen molar-refractivity contribution in [3.8, 4) is 0 Å². The van der Waals surface area contributed by atoms with E-state index in [0.717, 1.165) is 15.8 Å². The maximum absolute atomic E-state index is 4.37. The topological polar surface area (TPSA) is 60.0 Å². The highest BCUT2D eigenvalue weighted by molar-refractivity contribution is 9.10. The molecule has 0 bridgehead atoms. The molecule has 0 fully saturated rings. The molecule has 0 radical (unpaired) electrons. The van der Waals surface area contributed by atoms with E-state index in [9.17, 15) is 0 Å². The number of fused-ring (bicyclic) bond motifs is 1. The van der Waals surface area contributed by atoms with Crippen molar-refractivity contribution >= 4 is 33.2 Å². The van der Waals surface area contributed by atoms with E-state index in [0.29, 0.717) is 5.95 Å². The van der Waals surface area contributed by atoms with Gasteiger partial charge in [0, 0.05) is 19.4 Å². The minimum atomic E-state index is 0.546. The van der Waals surface area contributed by atoms with Crippen LogP contribution < -0.4 is 5.32 Å². The molecule has 7 heteroatoms. The van der Waals surface area contributed by atoms with Gasteiger partial charge >= 0.3 is 0 Å². The molecule has 3 aromatic rings. The molecule has 0 aliphatic heterocycles. The van der Waals surface area contributed by atoms with E-state index >= 15 is 0 Å². The molecule has 0 spiro atoms. The fraction of sp³-hybridized carbons (Fsp3) is 0.100.